The summed E-state index contributed by atoms with van der Waals surface area (Å²) in [6.07, 6.45) is 0. The van der Waals surface area contributed by atoms with Crippen molar-refractivity contribution in [2.45, 2.75) is 19.4 Å². The second-order valence-corrected chi connectivity index (χ2v) is 7.57. The molecule has 5 rings (SSSR count). The average Bonchev–Trinajstić information content (AvgIpc) is 3.08. The van der Waals surface area contributed by atoms with Crippen LogP contribution in [0.1, 0.15) is 40.9 Å². The molecule has 2 aliphatic heterocycles. The Balaban J connectivity index is 1.80. The van der Waals surface area contributed by atoms with Gasteiger partial charge in [-0.1, -0.05) is 18.2 Å². The smallest absolute Gasteiger partial charge is 0.340 e. The molecule has 3 aromatic carbocycles. The van der Waals surface area contributed by atoms with Crippen LogP contribution in [0.5, 0.6) is 11.5 Å². The molecular weight excluding hydrogens is 400 g/mol. The molecule has 1 spiro atoms. The molecule has 0 aromatic heterocycles. The van der Waals surface area contributed by atoms with Gasteiger partial charge in [0.25, 0.3) is 0 Å². The first kappa shape index (κ1) is 18.8. The zero-order valence-electron chi connectivity index (χ0n) is 16.7. The summed E-state index contributed by atoms with van der Waals surface area (Å²) in [7, 11) is 0. The van der Waals surface area contributed by atoms with Crippen LogP contribution >= 0.6 is 11.8 Å². The van der Waals surface area contributed by atoms with Crippen molar-refractivity contribution in [3.05, 3.63) is 82.9 Å². The third kappa shape index (κ3) is 2.52. The van der Waals surface area contributed by atoms with Crippen molar-refractivity contribution in [2.24, 2.45) is 0 Å². The van der Waals surface area contributed by atoms with Crippen molar-refractivity contribution < 1.29 is 14.3 Å². The number of fused-ring (bicyclic) bond motifs is 6. The molecule has 0 bridgehead atoms. The van der Waals surface area contributed by atoms with Gasteiger partial charge in [-0.2, -0.15) is 0 Å². The number of nitrogens with one attached hydrogen (secondary N) is 1. The highest BCUT2D eigenvalue weighted by molar-refractivity contribution is 6.24. The molecule has 6 heteroatoms. The minimum Gasteiger partial charge on any atom is -0.456 e. The summed E-state index contributed by atoms with van der Waals surface area (Å²) in [5.74, 6) is 0.976. The average molecular weight is 421 g/mol. The van der Waals surface area contributed by atoms with E-state index in [1.807, 2.05) is 48.5 Å². The highest BCUT2D eigenvalue weighted by Crippen LogP contribution is 2.56. The van der Waals surface area contributed by atoms with Crippen LogP contribution in [0.3, 0.4) is 0 Å². The van der Waals surface area contributed by atoms with Gasteiger partial charge in [0.2, 0.25) is 0 Å². The van der Waals surface area contributed by atoms with Crippen LogP contribution in [0.2, 0.25) is 0 Å². The van der Waals surface area contributed by atoms with Crippen LogP contribution in [0.4, 0.5) is 11.4 Å². The molecule has 0 saturated carbocycles. The Morgan fingerprint density at radius 2 is 1.73 bits per heavy atom. The Morgan fingerprint density at radius 3 is 2.50 bits per heavy atom. The Hall–Kier alpha value is -3.18. The van der Waals surface area contributed by atoms with Gasteiger partial charge in [0.1, 0.15) is 11.5 Å². The predicted molar refractivity (Wildman–Crippen MR) is 118 cm³/mol. The molecule has 0 radical (unpaired) electrons. The van der Waals surface area contributed by atoms with Gasteiger partial charge in [0.05, 0.1) is 5.56 Å². The molecule has 0 aliphatic carbocycles. The molecular formula is C24H21ClN2O3. The number of nitrogens with zero attached hydrogens (tertiary/aromatic N) is 1. The van der Waals surface area contributed by atoms with E-state index < -0.39 is 5.60 Å². The number of carbonyl (C=O) groups is 1. The quantitative estimate of drug-likeness (QED) is 0.435. The number of esters is 1. The zero-order valence-corrected chi connectivity index (χ0v) is 17.5. The highest BCUT2D eigenvalue weighted by Gasteiger charge is 2.53. The van der Waals surface area contributed by atoms with E-state index >= 15 is 0 Å². The summed E-state index contributed by atoms with van der Waals surface area (Å²) in [5.41, 5.74) is 3.60. The molecule has 3 aromatic rings. The summed E-state index contributed by atoms with van der Waals surface area (Å²) in [5, 5.41) is 0. The van der Waals surface area contributed by atoms with Gasteiger partial charge in [-0.3, -0.25) is 4.84 Å². The van der Waals surface area contributed by atoms with Crippen molar-refractivity contribution in [3.8, 4) is 11.5 Å². The first-order valence-corrected chi connectivity index (χ1v) is 10.4. The molecule has 0 amide bonds. The number of benzene rings is 3. The molecule has 0 fully saturated rings. The number of hydrogen-bond donors (Lipinski definition) is 1. The highest BCUT2D eigenvalue weighted by atomic mass is 35.5. The second-order valence-electron chi connectivity index (χ2n) is 7.38. The van der Waals surface area contributed by atoms with E-state index in [0.29, 0.717) is 22.7 Å². The lowest BCUT2D eigenvalue weighted by Gasteiger charge is -2.37. The third-order valence-corrected chi connectivity index (χ3v) is 6.15. The Labute approximate surface area is 180 Å². The molecule has 2 aliphatic rings. The van der Waals surface area contributed by atoms with Crippen molar-refractivity contribution in [3.63, 3.8) is 0 Å². The van der Waals surface area contributed by atoms with Crippen molar-refractivity contribution in [1.82, 2.24) is 0 Å². The van der Waals surface area contributed by atoms with Crippen LogP contribution < -0.4 is 14.5 Å². The minimum absolute atomic E-state index is 0.346. The molecule has 1 atom stereocenters. The fourth-order valence-electron chi connectivity index (χ4n) is 4.51. The lowest BCUT2D eigenvalue weighted by Crippen LogP contribution is -2.33. The fraction of sp³-hybridized carbons (Fsp3) is 0.208. The Kier molecular flexibility index (Phi) is 4.36. The molecule has 2 heterocycles. The van der Waals surface area contributed by atoms with Crippen LogP contribution in [-0.2, 0) is 10.3 Å². The lowest BCUT2D eigenvalue weighted by molar-refractivity contribution is 0.0224. The number of ether oxygens (including phenoxy) is 2. The summed E-state index contributed by atoms with van der Waals surface area (Å²) in [6, 6.07) is 19.2. The van der Waals surface area contributed by atoms with Crippen molar-refractivity contribution >= 4 is 29.1 Å². The van der Waals surface area contributed by atoms with E-state index in [-0.39, 0.29) is 5.97 Å². The van der Waals surface area contributed by atoms with Gasteiger partial charge in [0, 0.05) is 59.0 Å². The van der Waals surface area contributed by atoms with Gasteiger partial charge in [-0.25, -0.2) is 4.79 Å². The number of anilines is 2. The van der Waals surface area contributed by atoms with Gasteiger partial charge < -0.3 is 14.4 Å². The standard InChI is InChI=1S/C24H21ClN2O3/c1-3-27(4-2)16-10-11-19-22(14-16)29-21-12-9-15(26-25)13-20(21)24(19)18-8-6-5-7-17(18)23(28)30-24/h5-14,26H,3-4H2,1-2H3. The summed E-state index contributed by atoms with van der Waals surface area (Å²) < 4.78 is 12.5. The van der Waals surface area contributed by atoms with Crippen LogP contribution in [-0.4, -0.2) is 19.1 Å². The van der Waals surface area contributed by atoms with Crippen LogP contribution in [0.15, 0.2) is 60.7 Å². The maximum Gasteiger partial charge on any atom is 0.340 e. The van der Waals surface area contributed by atoms with Gasteiger partial charge in [0.15, 0.2) is 5.60 Å². The lowest BCUT2D eigenvalue weighted by atomic mass is 9.77. The molecule has 0 saturated heterocycles. The van der Waals surface area contributed by atoms with Gasteiger partial charge in [-0.05, 0) is 50.2 Å². The summed E-state index contributed by atoms with van der Waals surface area (Å²) >= 11 is 5.88. The molecule has 30 heavy (non-hydrogen) atoms. The second kappa shape index (κ2) is 6.96. The van der Waals surface area contributed by atoms with E-state index in [9.17, 15) is 4.79 Å². The summed E-state index contributed by atoms with van der Waals surface area (Å²) in [6.45, 7) is 6.02. The number of halogens is 1. The molecule has 152 valence electrons. The van der Waals surface area contributed by atoms with Crippen LogP contribution in [0, 0.1) is 0 Å². The zero-order chi connectivity index (χ0) is 20.9. The maximum atomic E-state index is 12.9. The number of carbonyl (C=O) groups excluding carboxylic acids is 1. The Bertz CT molecular complexity index is 1160. The predicted octanol–water partition coefficient (Wildman–Crippen LogP) is 5.67. The van der Waals surface area contributed by atoms with Gasteiger partial charge in [-0.15, -0.1) is 0 Å². The largest absolute Gasteiger partial charge is 0.456 e. The molecule has 1 N–H and O–H groups in total. The normalized spacial score (nSPS) is 18.2. The van der Waals surface area contributed by atoms with E-state index in [1.54, 1.807) is 6.07 Å². The molecule has 5 nitrogen and oxygen atoms in total. The van der Waals surface area contributed by atoms with E-state index in [0.717, 1.165) is 35.5 Å². The van der Waals surface area contributed by atoms with E-state index in [4.69, 9.17) is 21.3 Å². The summed E-state index contributed by atoms with van der Waals surface area (Å²) in [4.78, 5) is 17.8. The van der Waals surface area contributed by atoms with Gasteiger partial charge >= 0.3 is 5.97 Å². The van der Waals surface area contributed by atoms with E-state index in [2.05, 4.69) is 29.6 Å². The first-order valence-electron chi connectivity index (χ1n) is 10.0. The third-order valence-electron chi connectivity index (χ3n) is 5.93. The van der Waals surface area contributed by atoms with Crippen molar-refractivity contribution in [2.75, 3.05) is 22.8 Å². The van der Waals surface area contributed by atoms with E-state index in [1.165, 1.54) is 0 Å². The number of hydrogen-bond acceptors (Lipinski definition) is 5. The Morgan fingerprint density at radius 1 is 0.933 bits per heavy atom. The van der Waals surface area contributed by atoms with Crippen LogP contribution in [0.25, 0.3) is 0 Å². The maximum absolute atomic E-state index is 12.9. The first-order chi connectivity index (χ1) is 14.6. The minimum atomic E-state index is -1.08. The van der Waals surface area contributed by atoms with Crippen molar-refractivity contribution in [1.29, 1.82) is 0 Å². The molecule has 1 unspecified atom stereocenters. The number of rotatable bonds is 4. The fourth-order valence-corrected chi connectivity index (χ4v) is 4.62. The SMILES string of the molecule is CCN(CC)c1ccc2c(c1)Oc1ccc(NCl)cc1C21OC(=O)c2ccccc21. The topological polar surface area (TPSA) is 50.8 Å². The monoisotopic (exact) mass is 420 g/mol.